The van der Waals surface area contributed by atoms with Crippen LogP contribution >= 0.6 is 0 Å². The SMILES string of the molecule is CCOC1(c2noc(-c3ccccc3N)n2)CCCC1. The first kappa shape index (κ1) is 13.1. The number of para-hydroxylation sites is 1. The fourth-order valence-corrected chi connectivity index (χ4v) is 2.86. The molecule has 0 atom stereocenters. The maximum absolute atomic E-state index is 5.95. The van der Waals surface area contributed by atoms with Crippen molar-refractivity contribution in [1.82, 2.24) is 10.1 Å². The lowest BCUT2D eigenvalue weighted by Crippen LogP contribution is -2.27. The van der Waals surface area contributed by atoms with Crippen molar-refractivity contribution < 1.29 is 9.26 Å². The lowest BCUT2D eigenvalue weighted by Gasteiger charge is -2.24. The molecule has 0 unspecified atom stereocenters. The van der Waals surface area contributed by atoms with E-state index in [1.165, 1.54) is 0 Å². The lowest BCUT2D eigenvalue weighted by molar-refractivity contribution is -0.0469. The van der Waals surface area contributed by atoms with Gasteiger partial charge in [-0.1, -0.05) is 17.3 Å². The highest BCUT2D eigenvalue weighted by atomic mass is 16.5. The highest BCUT2D eigenvalue weighted by molar-refractivity contribution is 5.69. The van der Waals surface area contributed by atoms with Crippen molar-refractivity contribution in [3.05, 3.63) is 30.1 Å². The van der Waals surface area contributed by atoms with E-state index in [-0.39, 0.29) is 5.60 Å². The number of nitrogen functional groups attached to an aromatic ring is 1. The predicted molar refractivity (Wildman–Crippen MR) is 75.9 cm³/mol. The second-order valence-electron chi connectivity index (χ2n) is 5.14. The minimum atomic E-state index is -0.375. The molecule has 0 bridgehead atoms. The number of hydrogen-bond donors (Lipinski definition) is 1. The molecule has 0 aliphatic heterocycles. The summed E-state index contributed by atoms with van der Waals surface area (Å²) in [7, 11) is 0. The topological polar surface area (TPSA) is 74.2 Å². The van der Waals surface area contributed by atoms with E-state index in [4.69, 9.17) is 15.0 Å². The summed E-state index contributed by atoms with van der Waals surface area (Å²) in [5.41, 5.74) is 6.99. The van der Waals surface area contributed by atoms with Gasteiger partial charge < -0.3 is 15.0 Å². The van der Waals surface area contributed by atoms with Crippen molar-refractivity contribution >= 4 is 5.69 Å². The van der Waals surface area contributed by atoms with E-state index in [1.807, 2.05) is 31.2 Å². The Morgan fingerprint density at radius 3 is 2.75 bits per heavy atom. The Hall–Kier alpha value is -1.88. The number of nitrogens with zero attached hydrogens (tertiary/aromatic N) is 2. The average molecular weight is 273 g/mol. The number of anilines is 1. The van der Waals surface area contributed by atoms with Gasteiger partial charge in [0.2, 0.25) is 5.82 Å². The molecule has 5 heteroatoms. The van der Waals surface area contributed by atoms with Crippen molar-refractivity contribution in [3.8, 4) is 11.5 Å². The van der Waals surface area contributed by atoms with Gasteiger partial charge >= 0.3 is 0 Å². The zero-order chi connectivity index (χ0) is 14.0. The Morgan fingerprint density at radius 1 is 1.30 bits per heavy atom. The summed E-state index contributed by atoms with van der Waals surface area (Å²) in [6.45, 7) is 2.65. The Kier molecular flexibility index (Phi) is 3.44. The third-order valence-corrected chi connectivity index (χ3v) is 3.86. The van der Waals surface area contributed by atoms with Crippen LogP contribution in [0.5, 0.6) is 0 Å². The summed E-state index contributed by atoms with van der Waals surface area (Å²) in [6, 6.07) is 7.50. The number of hydrogen-bond acceptors (Lipinski definition) is 5. The normalized spacial score (nSPS) is 17.4. The molecule has 1 aliphatic carbocycles. The van der Waals surface area contributed by atoms with Crippen LogP contribution in [0.2, 0.25) is 0 Å². The van der Waals surface area contributed by atoms with E-state index in [0.29, 0.717) is 24.0 Å². The van der Waals surface area contributed by atoms with Crippen molar-refractivity contribution in [3.63, 3.8) is 0 Å². The molecule has 0 amide bonds. The smallest absolute Gasteiger partial charge is 0.260 e. The average Bonchev–Trinajstić information content (AvgIpc) is 3.09. The molecule has 0 radical (unpaired) electrons. The van der Waals surface area contributed by atoms with Crippen molar-refractivity contribution in [2.75, 3.05) is 12.3 Å². The summed E-state index contributed by atoms with van der Waals surface area (Å²) in [4.78, 5) is 4.53. The van der Waals surface area contributed by atoms with Gasteiger partial charge in [0, 0.05) is 12.3 Å². The fraction of sp³-hybridized carbons (Fsp3) is 0.467. The number of rotatable bonds is 4. The molecule has 1 saturated carbocycles. The van der Waals surface area contributed by atoms with Gasteiger partial charge in [0.05, 0.1) is 5.56 Å². The van der Waals surface area contributed by atoms with Gasteiger partial charge in [-0.3, -0.25) is 0 Å². The molecular formula is C15H19N3O2. The third-order valence-electron chi connectivity index (χ3n) is 3.86. The molecule has 5 nitrogen and oxygen atoms in total. The Morgan fingerprint density at radius 2 is 2.05 bits per heavy atom. The predicted octanol–water partition coefficient (Wildman–Crippen LogP) is 3.12. The molecule has 20 heavy (non-hydrogen) atoms. The van der Waals surface area contributed by atoms with Crippen molar-refractivity contribution in [1.29, 1.82) is 0 Å². The van der Waals surface area contributed by atoms with Gasteiger partial charge in [0.25, 0.3) is 5.89 Å². The van der Waals surface area contributed by atoms with Gasteiger partial charge in [-0.25, -0.2) is 0 Å². The quantitative estimate of drug-likeness (QED) is 0.866. The molecule has 2 aromatic rings. The summed E-state index contributed by atoms with van der Waals surface area (Å²) in [6.07, 6.45) is 4.17. The molecule has 0 spiro atoms. The van der Waals surface area contributed by atoms with Gasteiger partial charge in [0.1, 0.15) is 5.60 Å². The zero-order valence-corrected chi connectivity index (χ0v) is 11.6. The molecule has 1 aromatic carbocycles. The van der Waals surface area contributed by atoms with Crippen molar-refractivity contribution in [2.45, 2.75) is 38.2 Å². The molecule has 0 saturated heterocycles. The second-order valence-corrected chi connectivity index (χ2v) is 5.14. The van der Waals surface area contributed by atoms with E-state index >= 15 is 0 Å². The highest BCUT2D eigenvalue weighted by Gasteiger charge is 2.41. The third kappa shape index (κ3) is 2.18. The summed E-state index contributed by atoms with van der Waals surface area (Å²) >= 11 is 0. The van der Waals surface area contributed by atoms with Crippen LogP contribution in [0.3, 0.4) is 0 Å². The van der Waals surface area contributed by atoms with Gasteiger partial charge in [-0.15, -0.1) is 0 Å². The fourth-order valence-electron chi connectivity index (χ4n) is 2.86. The molecule has 1 aromatic heterocycles. The Labute approximate surface area is 118 Å². The van der Waals surface area contributed by atoms with Crippen LogP contribution in [0.4, 0.5) is 5.69 Å². The minimum absolute atomic E-state index is 0.375. The van der Waals surface area contributed by atoms with Crippen LogP contribution in [-0.4, -0.2) is 16.7 Å². The van der Waals surface area contributed by atoms with E-state index in [9.17, 15) is 0 Å². The van der Waals surface area contributed by atoms with Crippen LogP contribution < -0.4 is 5.73 Å². The second kappa shape index (κ2) is 5.25. The van der Waals surface area contributed by atoms with Crippen LogP contribution in [0.1, 0.15) is 38.4 Å². The first-order valence-corrected chi connectivity index (χ1v) is 7.08. The van der Waals surface area contributed by atoms with Gasteiger partial charge in [-0.2, -0.15) is 4.98 Å². The molecular weight excluding hydrogens is 254 g/mol. The Bertz CT molecular complexity index is 588. The monoisotopic (exact) mass is 273 g/mol. The van der Waals surface area contributed by atoms with E-state index < -0.39 is 0 Å². The summed E-state index contributed by atoms with van der Waals surface area (Å²) in [5.74, 6) is 1.11. The highest BCUT2D eigenvalue weighted by Crippen LogP contribution is 2.41. The lowest BCUT2D eigenvalue weighted by atomic mass is 10.0. The molecule has 2 N–H and O–H groups in total. The standard InChI is InChI=1S/C15H19N3O2/c1-2-19-15(9-5-6-10-15)14-17-13(20-18-14)11-7-3-4-8-12(11)16/h3-4,7-8H,2,5-6,9-10,16H2,1H3. The first-order chi connectivity index (χ1) is 9.75. The molecule has 1 fully saturated rings. The zero-order valence-electron chi connectivity index (χ0n) is 11.6. The van der Waals surface area contributed by atoms with Crippen LogP contribution in [0.15, 0.2) is 28.8 Å². The first-order valence-electron chi connectivity index (χ1n) is 7.08. The van der Waals surface area contributed by atoms with E-state index in [1.54, 1.807) is 0 Å². The summed E-state index contributed by atoms with van der Waals surface area (Å²) < 4.78 is 11.3. The maximum Gasteiger partial charge on any atom is 0.260 e. The molecule has 3 rings (SSSR count). The Balaban J connectivity index is 1.95. The molecule has 106 valence electrons. The van der Waals surface area contributed by atoms with Gasteiger partial charge in [-0.05, 0) is 44.7 Å². The van der Waals surface area contributed by atoms with Crippen LogP contribution in [-0.2, 0) is 10.3 Å². The molecule has 1 aliphatic rings. The van der Waals surface area contributed by atoms with Gasteiger partial charge in [0.15, 0.2) is 0 Å². The number of benzene rings is 1. The molecule has 1 heterocycles. The van der Waals surface area contributed by atoms with E-state index in [2.05, 4.69) is 10.1 Å². The largest absolute Gasteiger partial charge is 0.398 e. The van der Waals surface area contributed by atoms with Crippen LogP contribution in [0.25, 0.3) is 11.5 Å². The van der Waals surface area contributed by atoms with Crippen LogP contribution in [0, 0.1) is 0 Å². The summed E-state index contributed by atoms with van der Waals surface area (Å²) in [5, 5.41) is 4.14. The number of aromatic nitrogens is 2. The number of ether oxygens (including phenoxy) is 1. The maximum atomic E-state index is 5.95. The minimum Gasteiger partial charge on any atom is -0.398 e. The van der Waals surface area contributed by atoms with E-state index in [0.717, 1.165) is 31.2 Å². The van der Waals surface area contributed by atoms with Crippen molar-refractivity contribution in [2.24, 2.45) is 0 Å². The number of nitrogens with two attached hydrogens (primary N) is 1.